The monoisotopic (exact) mass is 746 g/mol. The van der Waals surface area contributed by atoms with Crippen molar-refractivity contribution >= 4 is 22.2 Å². The summed E-state index contributed by atoms with van der Waals surface area (Å²) in [6, 6.07) is 51.3. The summed E-state index contributed by atoms with van der Waals surface area (Å²) in [4.78, 5) is 11.8. The second-order valence-electron chi connectivity index (χ2n) is 10.1. The molecule has 1 amide bonds. The van der Waals surface area contributed by atoms with E-state index in [1.807, 2.05) is 96.1 Å². The number of hydrogen-bond donors (Lipinski definition) is 1. The number of rotatable bonds is 6. The van der Waals surface area contributed by atoms with Gasteiger partial charge in [-0.2, -0.15) is 8.42 Å². The zero-order chi connectivity index (χ0) is 41.2. The summed E-state index contributed by atoms with van der Waals surface area (Å²) in [5.74, 6) is 0. The summed E-state index contributed by atoms with van der Waals surface area (Å²) in [7, 11) is -1.94. The Morgan fingerprint density at radius 2 is 0.623 bits per heavy atom. The number of amides is 1. The van der Waals surface area contributed by atoms with Gasteiger partial charge in [0.2, 0.25) is 6.41 Å². The quantitative estimate of drug-likeness (QED) is 0.139. The molecule has 6 heteroatoms. The summed E-state index contributed by atoms with van der Waals surface area (Å²) in [6.07, 6.45) is 6.06. The number of carbonyl (C=O) groups is 1. The lowest BCUT2D eigenvalue weighted by Crippen LogP contribution is -2.12. The fourth-order valence-electron chi connectivity index (χ4n) is 3.58. The number of para-hydroxylation sites is 1. The normalized spacial score (nSPS) is 8.62. The van der Waals surface area contributed by atoms with E-state index in [0.29, 0.717) is 6.26 Å². The Morgan fingerprint density at radius 1 is 0.453 bits per heavy atom. The van der Waals surface area contributed by atoms with Crippen molar-refractivity contribution < 1.29 is 17.8 Å². The van der Waals surface area contributed by atoms with Crippen molar-refractivity contribution in [3.05, 3.63) is 174 Å². The van der Waals surface area contributed by atoms with Gasteiger partial charge in [0.15, 0.2) is 0 Å². The lowest BCUT2D eigenvalue weighted by Gasteiger charge is -2.08. The lowest BCUT2D eigenvalue weighted by molar-refractivity contribution is -0.107. The van der Waals surface area contributed by atoms with Crippen molar-refractivity contribution in [3.63, 3.8) is 0 Å². The minimum absolute atomic E-state index is 0.715. The first-order chi connectivity index (χ1) is 25.6. The van der Waals surface area contributed by atoms with Gasteiger partial charge in [-0.3, -0.25) is 9.35 Å². The van der Waals surface area contributed by atoms with Gasteiger partial charge in [-0.05, 0) is 60.1 Å². The molecular weight excluding hydrogens is 675 g/mol. The van der Waals surface area contributed by atoms with Crippen LogP contribution in [0, 0.1) is 0 Å². The molecule has 5 nitrogen and oxygen atoms in total. The number of anilines is 1. The van der Waals surface area contributed by atoms with Gasteiger partial charge < -0.3 is 4.90 Å². The maximum atomic E-state index is 10.2. The molecule has 0 saturated heterocycles. The Balaban J connectivity index is -0.000000266. The molecule has 53 heavy (non-hydrogen) atoms. The molecule has 0 bridgehead atoms. The minimum Gasteiger partial charge on any atom is -0.318 e. The predicted octanol–water partition coefficient (Wildman–Crippen LogP) is 12.9. The number of hydrogen-bond acceptors (Lipinski definition) is 3. The molecule has 0 aromatic heterocycles. The van der Waals surface area contributed by atoms with Gasteiger partial charge in [-0.1, -0.05) is 209 Å². The van der Waals surface area contributed by atoms with E-state index in [1.54, 1.807) is 7.05 Å². The molecule has 0 aliphatic rings. The van der Waals surface area contributed by atoms with Gasteiger partial charge in [0, 0.05) is 12.7 Å². The number of benzene rings is 5. The highest BCUT2D eigenvalue weighted by Gasteiger charge is 1.93. The Morgan fingerprint density at radius 3 is 0.755 bits per heavy atom. The van der Waals surface area contributed by atoms with E-state index in [2.05, 4.69) is 125 Å². The Kier molecular flexibility index (Phi) is 43.7. The van der Waals surface area contributed by atoms with E-state index in [1.165, 1.54) is 27.2 Å². The van der Waals surface area contributed by atoms with Crippen LogP contribution in [0.15, 0.2) is 152 Å². The van der Waals surface area contributed by atoms with Crippen molar-refractivity contribution in [2.45, 2.75) is 94.9 Å². The van der Waals surface area contributed by atoms with Crippen LogP contribution in [0.25, 0.3) is 0 Å². The summed E-state index contributed by atoms with van der Waals surface area (Å²) in [6.45, 7) is 20.6. The number of nitrogens with zero attached hydrogens (tertiary/aromatic N) is 1. The standard InChI is InChI=1S/C8H9NO.4C8H10.3C2H6.CH4O3S/c1-9(7-10)8-5-3-2-4-6-8;4*1-2-8-6-4-3-5-7-8;3*1-2;1-5(2,3)4/h2-7H,1H3;4*3-7H,2H2,1H3;3*1-2H3;1H3,(H,2,3,4). The van der Waals surface area contributed by atoms with Crippen molar-refractivity contribution in [2.75, 3.05) is 18.2 Å². The van der Waals surface area contributed by atoms with Crippen molar-refractivity contribution in [3.8, 4) is 0 Å². The average Bonchev–Trinajstić information content (AvgIpc) is 3.24. The van der Waals surface area contributed by atoms with Gasteiger partial charge in [-0.25, -0.2) is 0 Å². The number of carbonyl (C=O) groups excluding carboxylic acids is 1. The second kappa shape index (κ2) is 41.9. The first-order valence-corrected chi connectivity index (χ1v) is 20.7. The fraction of sp³-hybridized carbons (Fsp3) is 0.340. The molecule has 5 aromatic rings. The van der Waals surface area contributed by atoms with E-state index < -0.39 is 10.1 Å². The SMILES string of the molecule is CC.CC.CC.CCc1ccccc1.CCc1ccccc1.CCc1ccccc1.CCc1ccccc1.CN(C=O)c1ccccc1.CS(=O)(=O)O. The molecule has 0 aliphatic carbocycles. The van der Waals surface area contributed by atoms with E-state index in [4.69, 9.17) is 4.55 Å². The largest absolute Gasteiger partial charge is 0.318 e. The number of aryl methyl sites for hydroxylation is 4. The second-order valence-corrected chi connectivity index (χ2v) is 11.6. The third kappa shape index (κ3) is 40.1. The third-order valence-electron chi connectivity index (χ3n) is 6.33. The molecule has 0 fully saturated rings. The molecule has 0 unspecified atom stereocenters. The molecule has 0 aliphatic heterocycles. The van der Waals surface area contributed by atoms with E-state index in [9.17, 15) is 13.2 Å². The maximum Gasteiger partial charge on any atom is 0.261 e. The predicted molar refractivity (Wildman–Crippen MR) is 236 cm³/mol. The highest BCUT2D eigenvalue weighted by atomic mass is 32.2. The van der Waals surface area contributed by atoms with Gasteiger partial charge in [-0.15, -0.1) is 0 Å². The van der Waals surface area contributed by atoms with Crippen molar-refractivity contribution in [2.24, 2.45) is 0 Å². The topological polar surface area (TPSA) is 74.7 Å². The van der Waals surface area contributed by atoms with Gasteiger partial charge in [0.25, 0.3) is 10.1 Å². The maximum absolute atomic E-state index is 10.2. The molecule has 5 aromatic carbocycles. The molecule has 1 N–H and O–H groups in total. The van der Waals surface area contributed by atoms with Crippen LogP contribution in [0.1, 0.15) is 91.5 Å². The summed E-state index contributed by atoms with van der Waals surface area (Å²) >= 11 is 0. The zero-order valence-electron chi connectivity index (χ0n) is 34.9. The summed E-state index contributed by atoms with van der Waals surface area (Å²) < 4.78 is 25.9. The van der Waals surface area contributed by atoms with Crippen LogP contribution in [-0.4, -0.2) is 32.7 Å². The van der Waals surface area contributed by atoms with Gasteiger partial charge >= 0.3 is 0 Å². The molecule has 0 heterocycles. The summed E-state index contributed by atoms with van der Waals surface area (Å²) in [5.41, 5.74) is 6.55. The van der Waals surface area contributed by atoms with E-state index >= 15 is 0 Å². The van der Waals surface area contributed by atoms with Crippen LogP contribution in [0.4, 0.5) is 5.69 Å². The Hall–Kier alpha value is -4.52. The minimum atomic E-state index is -3.67. The molecule has 0 saturated carbocycles. The van der Waals surface area contributed by atoms with Crippen LogP contribution in [-0.2, 0) is 40.6 Å². The van der Waals surface area contributed by atoms with Crippen LogP contribution in [0.2, 0.25) is 0 Å². The van der Waals surface area contributed by atoms with Crippen LogP contribution in [0.3, 0.4) is 0 Å². The molecule has 0 radical (unpaired) electrons. The fourth-order valence-corrected chi connectivity index (χ4v) is 3.58. The van der Waals surface area contributed by atoms with Gasteiger partial charge in [0.05, 0.1) is 6.26 Å². The van der Waals surface area contributed by atoms with Crippen LogP contribution >= 0.6 is 0 Å². The average molecular weight is 746 g/mol. The third-order valence-corrected chi connectivity index (χ3v) is 6.33. The first kappa shape index (κ1) is 55.2. The van der Waals surface area contributed by atoms with Crippen molar-refractivity contribution in [1.29, 1.82) is 0 Å². The van der Waals surface area contributed by atoms with E-state index in [-0.39, 0.29) is 0 Å². The molecule has 294 valence electrons. The molecule has 0 atom stereocenters. The summed E-state index contributed by atoms with van der Waals surface area (Å²) in [5, 5.41) is 0. The smallest absolute Gasteiger partial charge is 0.261 e. The molecule has 5 rings (SSSR count). The Bertz CT molecular complexity index is 1330. The van der Waals surface area contributed by atoms with Crippen molar-refractivity contribution in [1.82, 2.24) is 0 Å². The molecular formula is C47H71NO4S. The van der Waals surface area contributed by atoms with E-state index in [0.717, 1.165) is 37.8 Å². The zero-order valence-corrected chi connectivity index (χ0v) is 35.7. The van der Waals surface area contributed by atoms with Crippen LogP contribution in [0.5, 0.6) is 0 Å². The lowest BCUT2D eigenvalue weighted by atomic mass is 10.2. The van der Waals surface area contributed by atoms with Gasteiger partial charge in [0.1, 0.15) is 0 Å². The Labute approximate surface area is 325 Å². The van der Waals surface area contributed by atoms with Crippen LogP contribution < -0.4 is 4.90 Å². The highest BCUT2D eigenvalue weighted by molar-refractivity contribution is 7.85. The highest BCUT2D eigenvalue weighted by Crippen LogP contribution is 2.08. The molecule has 0 spiro atoms. The first-order valence-electron chi connectivity index (χ1n) is 18.9.